The van der Waals surface area contributed by atoms with Crippen molar-refractivity contribution >= 4 is 5.91 Å². The van der Waals surface area contributed by atoms with Gasteiger partial charge in [0.2, 0.25) is 17.5 Å². The summed E-state index contributed by atoms with van der Waals surface area (Å²) in [5, 5.41) is 10.6. The van der Waals surface area contributed by atoms with Crippen LogP contribution in [0.5, 0.6) is 5.75 Å². The van der Waals surface area contributed by atoms with Crippen LogP contribution in [0.15, 0.2) is 51.5 Å². The van der Waals surface area contributed by atoms with Gasteiger partial charge in [0.1, 0.15) is 11.6 Å². The van der Waals surface area contributed by atoms with Gasteiger partial charge in [-0.15, -0.1) is 0 Å². The minimum atomic E-state index is -0.690. The van der Waals surface area contributed by atoms with Crippen LogP contribution in [0.3, 0.4) is 0 Å². The molecule has 1 N–H and O–H groups in total. The fourth-order valence-corrected chi connectivity index (χ4v) is 3.43. The SMILES string of the molecule is CCC(Oc1ccc(-c2noc(C(C)C)n2)cc1)c1nc(-c2ccc(C(=O)NCCOC)c(F)c2)no1. The summed E-state index contributed by atoms with van der Waals surface area (Å²) in [7, 11) is 1.52. The van der Waals surface area contributed by atoms with E-state index in [1.165, 1.54) is 19.2 Å². The predicted molar refractivity (Wildman–Crippen MR) is 131 cm³/mol. The third-order valence-electron chi connectivity index (χ3n) is 5.48. The van der Waals surface area contributed by atoms with Gasteiger partial charge in [-0.05, 0) is 42.8 Å². The number of hydrogen-bond donors (Lipinski definition) is 1. The highest BCUT2D eigenvalue weighted by Gasteiger charge is 2.21. The van der Waals surface area contributed by atoms with E-state index in [9.17, 15) is 9.18 Å². The van der Waals surface area contributed by atoms with Crippen LogP contribution in [0.2, 0.25) is 0 Å². The Kier molecular flexibility index (Phi) is 8.24. The molecule has 2 aromatic heterocycles. The molecule has 11 heteroatoms. The van der Waals surface area contributed by atoms with Crippen molar-refractivity contribution < 1.29 is 27.7 Å². The summed E-state index contributed by atoms with van der Waals surface area (Å²) >= 11 is 0. The van der Waals surface area contributed by atoms with E-state index < -0.39 is 17.8 Å². The number of carbonyl (C=O) groups is 1. The van der Waals surface area contributed by atoms with Crippen LogP contribution in [0.25, 0.3) is 22.8 Å². The van der Waals surface area contributed by atoms with E-state index in [4.69, 9.17) is 18.5 Å². The molecule has 37 heavy (non-hydrogen) atoms. The van der Waals surface area contributed by atoms with Crippen LogP contribution < -0.4 is 10.1 Å². The van der Waals surface area contributed by atoms with Crippen molar-refractivity contribution in [2.45, 2.75) is 39.2 Å². The second kappa shape index (κ2) is 11.7. The number of halogens is 1. The maximum atomic E-state index is 14.6. The van der Waals surface area contributed by atoms with Gasteiger partial charge in [0.25, 0.3) is 11.8 Å². The standard InChI is InChI=1S/C26H28FN5O5/c1-5-21(35-18-9-6-16(7-10-18)22-29-25(15(2)3)36-31-22)26-30-23(32-37-26)17-8-11-19(20(27)14-17)24(33)28-12-13-34-4/h6-11,14-15,21H,5,12-13H2,1-4H3,(H,28,33). The van der Waals surface area contributed by atoms with Crippen LogP contribution in [-0.2, 0) is 4.74 Å². The van der Waals surface area contributed by atoms with Crippen LogP contribution >= 0.6 is 0 Å². The summed E-state index contributed by atoms with van der Waals surface area (Å²) in [4.78, 5) is 20.9. The summed E-state index contributed by atoms with van der Waals surface area (Å²) < 4.78 is 36.2. The first kappa shape index (κ1) is 26.0. The molecule has 1 amide bonds. The minimum absolute atomic E-state index is 0.0805. The minimum Gasteiger partial charge on any atom is -0.481 e. The Bertz CT molecular complexity index is 1340. The average Bonchev–Trinajstić information content (AvgIpc) is 3.58. The van der Waals surface area contributed by atoms with Gasteiger partial charge in [0.05, 0.1) is 12.2 Å². The molecule has 10 nitrogen and oxygen atoms in total. The summed E-state index contributed by atoms with van der Waals surface area (Å²) in [5.41, 5.74) is 1.10. The van der Waals surface area contributed by atoms with E-state index in [1.807, 2.05) is 32.9 Å². The molecule has 0 saturated carbocycles. The topological polar surface area (TPSA) is 125 Å². The van der Waals surface area contributed by atoms with E-state index in [2.05, 4.69) is 25.6 Å². The lowest BCUT2D eigenvalue weighted by molar-refractivity contribution is 0.0933. The Balaban J connectivity index is 1.44. The molecule has 4 rings (SSSR count). The second-order valence-corrected chi connectivity index (χ2v) is 8.55. The summed E-state index contributed by atoms with van der Waals surface area (Å²) in [6.07, 6.45) is 0.0430. The Morgan fingerprint density at radius 2 is 1.65 bits per heavy atom. The van der Waals surface area contributed by atoms with Crippen molar-refractivity contribution in [3.8, 4) is 28.5 Å². The van der Waals surface area contributed by atoms with Gasteiger partial charge < -0.3 is 23.8 Å². The van der Waals surface area contributed by atoms with Gasteiger partial charge in [0, 0.05) is 30.7 Å². The number of carbonyl (C=O) groups excluding carboxylic acids is 1. The molecule has 194 valence electrons. The Labute approximate surface area is 213 Å². The maximum Gasteiger partial charge on any atom is 0.268 e. The predicted octanol–water partition coefficient (Wildman–Crippen LogP) is 4.96. The lowest BCUT2D eigenvalue weighted by Crippen LogP contribution is -2.27. The molecule has 0 radical (unpaired) electrons. The molecule has 0 aliphatic carbocycles. The third-order valence-corrected chi connectivity index (χ3v) is 5.48. The second-order valence-electron chi connectivity index (χ2n) is 8.55. The number of nitrogens with zero attached hydrogens (tertiary/aromatic N) is 4. The number of aromatic nitrogens is 4. The molecule has 2 heterocycles. The van der Waals surface area contributed by atoms with E-state index in [-0.39, 0.29) is 29.7 Å². The molecule has 4 aromatic rings. The highest BCUT2D eigenvalue weighted by atomic mass is 19.1. The number of rotatable bonds is 11. The highest BCUT2D eigenvalue weighted by Crippen LogP contribution is 2.28. The monoisotopic (exact) mass is 509 g/mol. The van der Waals surface area contributed by atoms with E-state index >= 15 is 0 Å². The van der Waals surface area contributed by atoms with Gasteiger partial charge in [-0.2, -0.15) is 9.97 Å². The third kappa shape index (κ3) is 6.18. The molecule has 2 aromatic carbocycles. The lowest BCUT2D eigenvalue weighted by Gasteiger charge is -2.13. The maximum absolute atomic E-state index is 14.6. The van der Waals surface area contributed by atoms with Gasteiger partial charge in [0.15, 0.2) is 6.10 Å². The lowest BCUT2D eigenvalue weighted by atomic mass is 10.1. The van der Waals surface area contributed by atoms with Gasteiger partial charge in [-0.3, -0.25) is 4.79 Å². The van der Waals surface area contributed by atoms with Crippen molar-refractivity contribution in [3.05, 3.63) is 65.6 Å². The average molecular weight is 510 g/mol. The van der Waals surface area contributed by atoms with Crippen LogP contribution in [0.4, 0.5) is 4.39 Å². The summed E-state index contributed by atoms with van der Waals surface area (Å²) in [6, 6.07) is 11.4. The first-order valence-corrected chi connectivity index (χ1v) is 11.9. The number of benzene rings is 2. The number of ether oxygens (including phenoxy) is 2. The first-order valence-electron chi connectivity index (χ1n) is 11.9. The molecule has 1 atom stereocenters. The van der Waals surface area contributed by atoms with Crippen molar-refractivity contribution in [2.75, 3.05) is 20.3 Å². The zero-order valence-corrected chi connectivity index (χ0v) is 21.0. The van der Waals surface area contributed by atoms with Gasteiger partial charge >= 0.3 is 0 Å². The molecular weight excluding hydrogens is 481 g/mol. The molecule has 0 aliphatic rings. The van der Waals surface area contributed by atoms with Crippen molar-refractivity contribution in [1.82, 2.24) is 25.6 Å². The fourth-order valence-electron chi connectivity index (χ4n) is 3.43. The smallest absolute Gasteiger partial charge is 0.268 e. The Hall–Kier alpha value is -4.12. The summed E-state index contributed by atoms with van der Waals surface area (Å²) in [5.74, 6) is 1.05. The van der Waals surface area contributed by atoms with Gasteiger partial charge in [-0.1, -0.05) is 37.2 Å². The van der Waals surface area contributed by atoms with Crippen molar-refractivity contribution in [2.24, 2.45) is 0 Å². The Morgan fingerprint density at radius 3 is 2.27 bits per heavy atom. The van der Waals surface area contributed by atoms with E-state index in [0.717, 1.165) is 5.56 Å². The quantitative estimate of drug-likeness (QED) is 0.279. The number of amides is 1. The molecule has 0 aliphatic heterocycles. The van der Waals surface area contributed by atoms with Crippen LogP contribution in [0.1, 0.15) is 61.4 Å². The number of nitrogens with one attached hydrogen (secondary N) is 1. The first-order chi connectivity index (χ1) is 17.9. The molecule has 0 saturated heterocycles. The van der Waals surface area contributed by atoms with Crippen LogP contribution in [0, 0.1) is 5.82 Å². The number of methoxy groups -OCH3 is 1. The molecule has 0 spiro atoms. The van der Waals surface area contributed by atoms with Crippen molar-refractivity contribution in [1.29, 1.82) is 0 Å². The summed E-state index contributed by atoms with van der Waals surface area (Å²) in [6.45, 7) is 6.50. The Morgan fingerprint density at radius 1 is 1.00 bits per heavy atom. The van der Waals surface area contributed by atoms with E-state index in [0.29, 0.717) is 36.1 Å². The zero-order chi connectivity index (χ0) is 26.4. The van der Waals surface area contributed by atoms with E-state index in [1.54, 1.807) is 18.2 Å². The fraction of sp³-hybridized carbons (Fsp3) is 0.346. The van der Waals surface area contributed by atoms with Crippen LogP contribution in [-0.4, -0.2) is 46.4 Å². The zero-order valence-electron chi connectivity index (χ0n) is 21.0. The van der Waals surface area contributed by atoms with Crippen molar-refractivity contribution in [3.63, 3.8) is 0 Å². The highest BCUT2D eigenvalue weighted by molar-refractivity contribution is 5.94. The largest absolute Gasteiger partial charge is 0.481 e. The normalized spacial score (nSPS) is 12.1. The number of hydrogen-bond acceptors (Lipinski definition) is 9. The molecular formula is C26H28FN5O5. The molecule has 0 fully saturated rings. The van der Waals surface area contributed by atoms with Gasteiger partial charge in [-0.25, -0.2) is 4.39 Å². The molecule has 1 unspecified atom stereocenters. The molecule has 0 bridgehead atoms.